The van der Waals surface area contributed by atoms with Gasteiger partial charge < -0.3 is 9.72 Å². The summed E-state index contributed by atoms with van der Waals surface area (Å²) >= 11 is 0. The SMILES string of the molecule is CC(C)CCC[C@@H](C)[C@H]1CC[C@H]2[C@@H](OC(=O)c3cc4ccccc4[nH]3)CCC[C@]12C. The van der Waals surface area contributed by atoms with E-state index in [-0.39, 0.29) is 12.1 Å². The van der Waals surface area contributed by atoms with Crippen LogP contribution in [0, 0.1) is 29.1 Å². The van der Waals surface area contributed by atoms with E-state index in [1.165, 1.54) is 44.9 Å². The lowest BCUT2D eigenvalue weighted by molar-refractivity contribution is -0.0476. The highest BCUT2D eigenvalue weighted by atomic mass is 16.5. The summed E-state index contributed by atoms with van der Waals surface area (Å²) in [5.41, 5.74) is 1.90. The number of ether oxygens (including phenoxy) is 1. The zero-order valence-electron chi connectivity index (χ0n) is 19.2. The summed E-state index contributed by atoms with van der Waals surface area (Å²) in [7, 11) is 0. The van der Waals surface area contributed by atoms with Crippen molar-refractivity contribution in [3.05, 3.63) is 36.0 Å². The minimum Gasteiger partial charge on any atom is -0.457 e. The predicted molar refractivity (Wildman–Crippen MR) is 124 cm³/mol. The van der Waals surface area contributed by atoms with Crippen LogP contribution in [0.25, 0.3) is 10.9 Å². The van der Waals surface area contributed by atoms with Crippen molar-refractivity contribution in [3.63, 3.8) is 0 Å². The van der Waals surface area contributed by atoms with Gasteiger partial charge >= 0.3 is 5.97 Å². The third kappa shape index (κ3) is 4.18. The largest absolute Gasteiger partial charge is 0.457 e. The number of para-hydroxylation sites is 1. The summed E-state index contributed by atoms with van der Waals surface area (Å²) in [5.74, 6) is 2.66. The van der Waals surface area contributed by atoms with Crippen LogP contribution in [0.1, 0.15) is 89.5 Å². The number of aromatic amines is 1. The number of fused-ring (bicyclic) bond motifs is 2. The fraction of sp³-hybridized carbons (Fsp3) is 0.667. The molecule has 0 amide bonds. The third-order valence-electron chi connectivity index (χ3n) is 8.27. The number of esters is 1. The first kappa shape index (κ1) is 21.5. The molecule has 2 aliphatic carbocycles. The maximum absolute atomic E-state index is 12.9. The Morgan fingerprint density at radius 2 is 1.97 bits per heavy atom. The first-order valence-corrected chi connectivity index (χ1v) is 12.2. The van der Waals surface area contributed by atoms with Gasteiger partial charge in [-0.25, -0.2) is 4.79 Å². The average molecular weight is 410 g/mol. The van der Waals surface area contributed by atoms with Gasteiger partial charge in [0.25, 0.3) is 0 Å². The van der Waals surface area contributed by atoms with Crippen LogP contribution in [-0.4, -0.2) is 17.1 Å². The molecule has 0 saturated heterocycles. The van der Waals surface area contributed by atoms with E-state index in [1.54, 1.807) is 0 Å². The number of hydrogen-bond acceptors (Lipinski definition) is 2. The number of carbonyl (C=O) groups excluding carboxylic acids is 1. The number of H-pyrrole nitrogens is 1. The van der Waals surface area contributed by atoms with Crippen LogP contribution in [0.5, 0.6) is 0 Å². The number of nitrogens with one attached hydrogen (secondary N) is 1. The molecule has 1 aromatic carbocycles. The van der Waals surface area contributed by atoms with Crippen LogP contribution in [-0.2, 0) is 4.74 Å². The summed E-state index contributed by atoms with van der Waals surface area (Å²) in [6.07, 6.45) is 10.1. The molecule has 1 heterocycles. The van der Waals surface area contributed by atoms with Crippen LogP contribution in [0.15, 0.2) is 30.3 Å². The molecule has 0 bridgehead atoms. The molecule has 2 fully saturated rings. The van der Waals surface area contributed by atoms with Gasteiger partial charge in [-0.05, 0) is 67.4 Å². The van der Waals surface area contributed by atoms with Crippen molar-refractivity contribution < 1.29 is 9.53 Å². The molecular formula is C27H39NO2. The molecule has 30 heavy (non-hydrogen) atoms. The third-order valence-corrected chi connectivity index (χ3v) is 8.27. The van der Waals surface area contributed by atoms with Crippen LogP contribution >= 0.6 is 0 Å². The highest BCUT2D eigenvalue weighted by Crippen LogP contribution is 2.58. The van der Waals surface area contributed by atoms with E-state index in [0.717, 1.165) is 35.1 Å². The number of aromatic nitrogens is 1. The molecule has 5 atom stereocenters. The lowest BCUT2D eigenvalue weighted by Crippen LogP contribution is -2.43. The van der Waals surface area contributed by atoms with Crippen LogP contribution in [0.2, 0.25) is 0 Å². The summed E-state index contributed by atoms with van der Waals surface area (Å²) in [6.45, 7) is 9.62. The van der Waals surface area contributed by atoms with Gasteiger partial charge in [-0.15, -0.1) is 0 Å². The van der Waals surface area contributed by atoms with Gasteiger partial charge in [-0.1, -0.05) is 65.2 Å². The Bertz CT molecular complexity index is 836. The standard InChI is InChI=1S/C27H39NO2/c1-18(2)9-7-10-19(3)21-14-15-22-25(13-8-16-27(21,22)4)30-26(29)24-17-20-11-5-6-12-23(20)28-24/h5-6,11-12,17-19,21-22,25,28H,7-10,13-16H2,1-4H3/t19-,21-,22+,25+,27-/m1/s1. The molecule has 164 valence electrons. The minimum absolute atomic E-state index is 0.0653. The number of carbonyl (C=O) groups is 1. The molecule has 1 N–H and O–H groups in total. The quantitative estimate of drug-likeness (QED) is 0.485. The first-order chi connectivity index (χ1) is 14.4. The zero-order chi connectivity index (χ0) is 21.3. The minimum atomic E-state index is -0.186. The van der Waals surface area contributed by atoms with E-state index in [9.17, 15) is 4.79 Å². The summed E-state index contributed by atoms with van der Waals surface area (Å²) < 4.78 is 6.16. The van der Waals surface area contributed by atoms with Gasteiger partial charge in [-0.3, -0.25) is 0 Å². The fourth-order valence-electron chi connectivity index (χ4n) is 6.67. The highest BCUT2D eigenvalue weighted by Gasteiger charge is 2.53. The lowest BCUT2D eigenvalue weighted by Gasteiger charge is -2.46. The molecule has 0 unspecified atom stereocenters. The fourth-order valence-corrected chi connectivity index (χ4v) is 6.67. The van der Waals surface area contributed by atoms with Crippen molar-refractivity contribution in [1.29, 1.82) is 0 Å². The second kappa shape index (κ2) is 8.77. The smallest absolute Gasteiger partial charge is 0.355 e. The Labute approximate surface area is 182 Å². The Morgan fingerprint density at radius 1 is 1.17 bits per heavy atom. The van der Waals surface area contributed by atoms with Crippen LogP contribution in [0.4, 0.5) is 0 Å². The van der Waals surface area contributed by atoms with Crippen molar-refractivity contribution in [1.82, 2.24) is 4.98 Å². The molecule has 2 saturated carbocycles. The second-order valence-corrected chi connectivity index (χ2v) is 10.7. The highest BCUT2D eigenvalue weighted by molar-refractivity contribution is 5.94. The normalized spacial score (nSPS) is 29.8. The average Bonchev–Trinajstić information content (AvgIpc) is 3.29. The monoisotopic (exact) mass is 409 g/mol. The van der Waals surface area contributed by atoms with Crippen molar-refractivity contribution in [2.75, 3.05) is 0 Å². The summed E-state index contributed by atoms with van der Waals surface area (Å²) in [5, 5.41) is 1.06. The van der Waals surface area contributed by atoms with Crippen molar-refractivity contribution in [2.24, 2.45) is 29.1 Å². The van der Waals surface area contributed by atoms with E-state index in [2.05, 4.69) is 32.7 Å². The number of hydrogen-bond donors (Lipinski definition) is 1. The maximum atomic E-state index is 12.9. The Balaban J connectivity index is 1.42. The molecule has 3 heteroatoms. The topological polar surface area (TPSA) is 42.1 Å². The van der Waals surface area contributed by atoms with Gasteiger partial charge in [0, 0.05) is 16.8 Å². The Morgan fingerprint density at radius 3 is 2.73 bits per heavy atom. The van der Waals surface area contributed by atoms with Crippen molar-refractivity contribution in [2.45, 2.75) is 85.2 Å². The summed E-state index contributed by atoms with van der Waals surface area (Å²) in [4.78, 5) is 16.2. The van der Waals surface area contributed by atoms with Gasteiger partial charge in [-0.2, -0.15) is 0 Å². The van der Waals surface area contributed by atoms with E-state index in [4.69, 9.17) is 4.74 Å². The maximum Gasteiger partial charge on any atom is 0.355 e. The molecule has 2 aromatic rings. The van der Waals surface area contributed by atoms with Gasteiger partial charge in [0.2, 0.25) is 0 Å². The van der Waals surface area contributed by atoms with E-state index in [0.29, 0.717) is 17.0 Å². The Hall–Kier alpha value is -1.77. The molecule has 2 aliphatic rings. The first-order valence-electron chi connectivity index (χ1n) is 12.2. The van der Waals surface area contributed by atoms with Gasteiger partial charge in [0.05, 0.1) is 0 Å². The molecule has 0 spiro atoms. The lowest BCUT2D eigenvalue weighted by atomic mass is 9.61. The van der Waals surface area contributed by atoms with E-state index >= 15 is 0 Å². The van der Waals surface area contributed by atoms with Gasteiger partial charge in [0.15, 0.2) is 0 Å². The van der Waals surface area contributed by atoms with Crippen LogP contribution in [0.3, 0.4) is 0 Å². The molecule has 3 nitrogen and oxygen atoms in total. The molecule has 0 aliphatic heterocycles. The second-order valence-electron chi connectivity index (χ2n) is 10.7. The number of rotatable bonds is 7. The predicted octanol–water partition coefficient (Wildman–Crippen LogP) is 7.37. The molecular weight excluding hydrogens is 370 g/mol. The summed E-state index contributed by atoms with van der Waals surface area (Å²) in [6, 6.07) is 9.95. The zero-order valence-corrected chi connectivity index (χ0v) is 19.2. The van der Waals surface area contributed by atoms with Gasteiger partial charge in [0.1, 0.15) is 11.8 Å². The van der Waals surface area contributed by atoms with Crippen molar-refractivity contribution in [3.8, 4) is 0 Å². The molecule has 4 rings (SSSR count). The van der Waals surface area contributed by atoms with Crippen molar-refractivity contribution >= 4 is 16.9 Å². The van der Waals surface area contributed by atoms with Crippen LogP contribution < -0.4 is 0 Å². The molecule has 0 radical (unpaired) electrons. The Kier molecular flexibility index (Phi) is 6.27. The van der Waals surface area contributed by atoms with E-state index in [1.807, 2.05) is 30.3 Å². The molecule has 1 aromatic heterocycles. The van der Waals surface area contributed by atoms with E-state index < -0.39 is 0 Å². The number of benzene rings is 1.